The lowest BCUT2D eigenvalue weighted by molar-refractivity contribution is -0.117. The average molecular weight is 2230 g/mol. The molecule has 33 nitrogen and oxygen atoms in total. The zero-order chi connectivity index (χ0) is 105. The highest BCUT2D eigenvalue weighted by atomic mass is 127. The Hall–Kier alpha value is -14.1. The molecule has 0 aliphatic carbocycles. The minimum Gasteiger partial charge on any atom is -0.497 e. The second-order valence-corrected chi connectivity index (χ2v) is 41.1. The highest BCUT2D eigenvalue weighted by molar-refractivity contribution is 14.1. The molecular formula is C105H116BrIN8O25S4. The van der Waals surface area contributed by atoms with Gasteiger partial charge in [-0.3, -0.25) is 41.2 Å². The molecule has 0 spiro atoms. The van der Waals surface area contributed by atoms with Crippen molar-refractivity contribution in [2.24, 2.45) is 0 Å². The number of methoxy groups -OCH3 is 10. The van der Waals surface area contributed by atoms with E-state index in [4.69, 9.17) is 52.1 Å². The summed E-state index contributed by atoms with van der Waals surface area (Å²) in [6, 6.07) is 68.5. The van der Waals surface area contributed by atoms with Crippen molar-refractivity contribution in [2.45, 2.75) is 99.8 Å². The molecule has 12 rings (SSSR count). The van der Waals surface area contributed by atoms with Crippen LogP contribution < -0.4 is 85.9 Å². The van der Waals surface area contributed by atoms with Gasteiger partial charge in [-0.2, -0.15) is 0 Å². The second kappa shape index (κ2) is 53.3. The summed E-state index contributed by atoms with van der Waals surface area (Å²) in [5, 5.41) is 10.9. The van der Waals surface area contributed by atoms with Crippen molar-refractivity contribution in [3.63, 3.8) is 0 Å². The van der Waals surface area contributed by atoms with Gasteiger partial charge in [0.2, 0.25) is 17.7 Å². The summed E-state index contributed by atoms with van der Waals surface area (Å²) in [5.74, 6) is 0.456. The van der Waals surface area contributed by atoms with E-state index < -0.39 is 83.4 Å². The first kappa shape index (κ1) is 113. The molecule has 12 aromatic rings. The van der Waals surface area contributed by atoms with Crippen LogP contribution in [0, 0.1) is 10.5 Å². The molecule has 0 unspecified atom stereocenters. The SMILES string of the molecule is CCOC(=O)c1ccc(NC(=O)CN(c2cc(OC)ccc2OC)S(=O)(=O)c2ccc(CC)c(OC)c2)cc1.CCc1ccc(OC)c(N(CC(=O)Cc2ccc(I)cc2C)S(=O)(=O)c2ccccc2)c1.CCc1ccc(OC)c(N(CC(=O)Nc2ccccc2C(=O)NC(C)C)S(=O)(=O)c2ccc(OC)c(OC)c2)c1.COc1ccc(OC)c(NC(=O)CN(c2ccccc2)S(=O)(=O)c2cc(Br)ccc2OC)c1. The van der Waals surface area contributed by atoms with Crippen LogP contribution in [0.15, 0.2) is 279 Å². The van der Waals surface area contributed by atoms with Crippen molar-refractivity contribution in [1.29, 1.82) is 0 Å². The molecule has 39 heteroatoms. The predicted molar refractivity (Wildman–Crippen MR) is 567 cm³/mol. The number of anilines is 7. The number of sulfonamides is 4. The third-order valence-corrected chi connectivity index (χ3v) is 30.1. The lowest BCUT2D eigenvalue weighted by Crippen LogP contribution is -2.39. The number of Topliss-reactive ketones (excluding diaryl/α,β-unsaturated/α-hetero) is 1. The van der Waals surface area contributed by atoms with E-state index in [0.717, 1.165) is 50.7 Å². The zero-order valence-electron chi connectivity index (χ0n) is 82.6. The van der Waals surface area contributed by atoms with Crippen molar-refractivity contribution in [2.75, 3.05) is 137 Å². The Morgan fingerprint density at radius 2 is 0.826 bits per heavy atom. The summed E-state index contributed by atoms with van der Waals surface area (Å²) in [5.41, 5.74) is 7.09. The topological polar surface area (TPSA) is 402 Å². The molecular weight excluding hydrogens is 2110 g/mol. The number of benzene rings is 12. The van der Waals surface area contributed by atoms with Gasteiger partial charge in [0, 0.05) is 50.5 Å². The van der Waals surface area contributed by atoms with Crippen LogP contribution in [0.5, 0.6) is 57.5 Å². The van der Waals surface area contributed by atoms with Gasteiger partial charge in [-0.25, -0.2) is 38.5 Å². The van der Waals surface area contributed by atoms with E-state index >= 15 is 0 Å². The van der Waals surface area contributed by atoms with Gasteiger partial charge in [-0.05, 0) is 255 Å². The molecule has 4 N–H and O–H groups in total. The molecule has 0 aliphatic rings. The zero-order valence-corrected chi connectivity index (χ0v) is 89.6. The smallest absolute Gasteiger partial charge is 0.338 e. The summed E-state index contributed by atoms with van der Waals surface area (Å²) < 4.78 is 175. The third-order valence-electron chi connectivity index (χ3n) is 21.8. The van der Waals surface area contributed by atoms with Crippen molar-refractivity contribution < 1.29 is 115 Å². The van der Waals surface area contributed by atoms with Crippen molar-refractivity contribution in [3.8, 4) is 57.5 Å². The van der Waals surface area contributed by atoms with Crippen molar-refractivity contribution in [1.82, 2.24) is 5.32 Å². The lowest BCUT2D eigenvalue weighted by atomic mass is 10.0. The van der Waals surface area contributed by atoms with Crippen LogP contribution in [0.3, 0.4) is 0 Å². The molecule has 4 amide bonds. The van der Waals surface area contributed by atoms with E-state index in [0.29, 0.717) is 80.1 Å². The summed E-state index contributed by atoms with van der Waals surface area (Å²) >= 11 is 5.53. The third kappa shape index (κ3) is 29.6. The number of para-hydroxylation sites is 2. The van der Waals surface area contributed by atoms with Crippen LogP contribution >= 0.6 is 38.5 Å². The normalized spacial score (nSPS) is 11.0. The van der Waals surface area contributed by atoms with Gasteiger partial charge in [0.1, 0.15) is 70.5 Å². The van der Waals surface area contributed by atoms with Gasteiger partial charge in [-0.1, -0.05) is 109 Å². The Kier molecular flexibility index (Phi) is 42.0. The maximum Gasteiger partial charge on any atom is 0.338 e. The molecule has 144 heavy (non-hydrogen) atoms. The standard InChI is InChI=1S/C29H35N3O7S.C28H32N2O8S.C25H26INO4S.C23H23BrN2O6S/c1-7-20-12-14-25(37-4)24(16-20)32(40(35,36)21-13-15-26(38-5)27(17-21)39-6)18-28(33)31-23-11-9-8-10-22(23)29(34)30-19(2)3;1-6-19-10-14-23(17-26(19)37-5)39(33,34)30(24-16-22(35-3)13-15-25(24)36-4)18-27(31)29-21-11-8-20(9-12-21)28(32)38-7-2;1-4-19-10-13-25(31-3)24(15-19)27(32(29,30)23-8-6-5-7-9-23)17-22(28)16-20-11-12-21(26)14-18(20)2;1-30-18-10-12-20(31-2)19(14-18)25-23(27)15-26(17-7-5-4-6-8-17)33(28,29)22-13-16(24)9-11-21(22)32-3/h8-17,19H,7,18H2,1-6H3,(H,30,34)(H,31,33);8-17H,6-7,18H2,1-5H3,(H,29,31);5-15H,4,16-17H2,1-3H3;4-14H,15H2,1-3H3,(H,25,27). The van der Waals surface area contributed by atoms with Crippen molar-refractivity contribution in [3.05, 3.63) is 302 Å². The second-order valence-electron chi connectivity index (χ2n) is 31.6. The van der Waals surface area contributed by atoms with Gasteiger partial charge in [-0.15, -0.1) is 0 Å². The molecule has 764 valence electrons. The largest absolute Gasteiger partial charge is 0.497 e. The summed E-state index contributed by atoms with van der Waals surface area (Å²) in [6.45, 7) is 11.5. The molecule has 0 saturated carbocycles. The van der Waals surface area contributed by atoms with Gasteiger partial charge in [0.05, 0.1) is 144 Å². The number of halogens is 2. The molecule has 0 fully saturated rings. The van der Waals surface area contributed by atoms with Crippen LogP contribution in [-0.2, 0) is 89.7 Å². The quantitative estimate of drug-likeness (QED) is 0.0204. The molecule has 0 bridgehead atoms. The van der Waals surface area contributed by atoms with Crippen LogP contribution in [0.1, 0.15) is 90.1 Å². The minimum absolute atomic E-state index is 0.0620. The maximum atomic E-state index is 14.1. The first-order valence-electron chi connectivity index (χ1n) is 44.8. The molecule has 12 aromatic carbocycles. The van der Waals surface area contributed by atoms with Crippen LogP contribution in [0.25, 0.3) is 0 Å². The first-order valence-corrected chi connectivity index (χ1v) is 52.5. The van der Waals surface area contributed by atoms with E-state index in [-0.39, 0.29) is 103 Å². The fraction of sp³-hybridized carbons (Fsp3) is 0.257. The number of rotatable bonds is 42. The molecule has 0 aliphatic heterocycles. The molecule has 0 atom stereocenters. The number of carbonyl (C=O) groups excluding carboxylic acids is 6. The molecule has 0 saturated heterocycles. The molecule has 0 aromatic heterocycles. The molecule has 0 radical (unpaired) electrons. The average Bonchev–Trinajstić information content (AvgIpc) is 0.791. The predicted octanol–water partition coefficient (Wildman–Crippen LogP) is 18.0. The van der Waals surface area contributed by atoms with Gasteiger partial charge >= 0.3 is 5.97 Å². The lowest BCUT2D eigenvalue weighted by Gasteiger charge is -2.26. The Morgan fingerprint density at radius 1 is 0.375 bits per heavy atom. The first-order chi connectivity index (χ1) is 68.8. The van der Waals surface area contributed by atoms with Crippen LogP contribution in [0.4, 0.5) is 39.8 Å². The Balaban J connectivity index is 0.000000215. The number of ketones is 1. The number of nitrogens with zero attached hydrogens (tertiary/aromatic N) is 4. The van der Waals surface area contributed by atoms with E-state index in [1.165, 1.54) is 154 Å². The number of ether oxygens (including phenoxy) is 11. The van der Waals surface area contributed by atoms with Gasteiger partial charge in [0.15, 0.2) is 17.3 Å². The van der Waals surface area contributed by atoms with Gasteiger partial charge < -0.3 is 73.4 Å². The van der Waals surface area contributed by atoms with E-state index in [1.807, 2.05) is 71.9 Å². The van der Waals surface area contributed by atoms with E-state index in [9.17, 15) is 62.4 Å². The molecule has 0 heterocycles. The van der Waals surface area contributed by atoms with E-state index in [1.54, 1.807) is 153 Å². The van der Waals surface area contributed by atoms with Gasteiger partial charge in [0.25, 0.3) is 46.0 Å². The monoisotopic (exact) mass is 2220 g/mol. The van der Waals surface area contributed by atoms with Crippen LogP contribution in [-0.4, -0.2) is 179 Å². The fourth-order valence-electron chi connectivity index (χ4n) is 14.4. The number of esters is 1. The number of carbonyl (C=O) groups is 6. The maximum absolute atomic E-state index is 14.1. The highest BCUT2D eigenvalue weighted by Crippen LogP contribution is 2.42. The Bertz CT molecular complexity index is 7000. The number of hydrogen-bond acceptors (Lipinski definition) is 25. The number of amides is 4. The number of nitrogens with one attached hydrogen (secondary N) is 4. The Morgan fingerprint density at radius 3 is 1.35 bits per heavy atom. The van der Waals surface area contributed by atoms with Crippen LogP contribution in [0.2, 0.25) is 0 Å². The Labute approximate surface area is 863 Å². The fourth-order valence-corrected chi connectivity index (χ4v) is 21.5. The summed E-state index contributed by atoms with van der Waals surface area (Å²) in [4.78, 5) is 77.2. The highest BCUT2D eigenvalue weighted by Gasteiger charge is 2.37. The minimum atomic E-state index is -4.32. The summed E-state index contributed by atoms with van der Waals surface area (Å²) in [6.07, 6.45) is 2.16. The summed E-state index contributed by atoms with van der Waals surface area (Å²) in [7, 11) is -2.32. The van der Waals surface area contributed by atoms with Crippen molar-refractivity contribution >= 4 is 154 Å². The number of aryl methyl sites for hydroxylation is 4. The van der Waals surface area contributed by atoms with E-state index in [2.05, 4.69) is 59.8 Å². The number of hydrogen-bond donors (Lipinski definition) is 4.